The molecule has 3 aromatic rings. The first-order valence-corrected chi connectivity index (χ1v) is 9.95. The number of hydrogen-bond acceptors (Lipinski definition) is 1. The molecule has 0 spiro atoms. The zero-order valence-corrected chi connectivity index (χ0v) is 17.0. The molecule has 2 nitrogen and oxygen atoms in total. The normalized spacial score (nSPS) is 11.3. The standard InChI is InChI=1S/C25H24ClNO/c1-3-18-14-10-15-19(4-2)24(18)27-25(28)22(20-11-6-5-7-12-20)17-21-13-8-9-16-23(21)26/h5-17H,3-4H2,1-2H3,(H,27,28)/b22-17+. The molecule has 0 heterocycles. The lowest BCUT2D eigenvalue weighted by Crippen LogP contribution is -2.16. The van der Waals surface area contributed by atoms with Crippen LogP contribution in [0.2, 0.25) is 5.02 Å². The first-order valence-electron chi connectivity index (χ1n) is 9.57. The zero-order valence-electron chi connectivity index (χ0n) is 16.2. The van der Waals surface area contributed by atoms with E-state index in [1.807, 2.05) is 66.7 Å². The minimum absolute atomic E-state index is 0.137. The Labute approximate surface area is 171 Å². The van der Waals surface area contributed by atoms with Crippen LogP contribution in [0.3, 0.4) is 0 Å². The van der Waals surface area contributed by atoms with Gasteiger partial charge in [0.2, 0.25) is 0 Å². The molecule has 142 valence electrons. The van der Waals surface area contributed by atoms with Crippen molar-refractivity contribution in [3.63, 3.8) is 0 Å². The van der Waals surface area contributed by atoms with Crippen LogP contribution in [0, 0.1) is 0 Å². The number of benzene rings is 3. The van der Waals surface area contributed by atoms with Gasteiger partial charge in [-0.2, -0.15) is 0 Å². The summed E-state index contributed by atoms with van der Waals surface area (Å²) < 4.78 is 0. The molecular formula is C25H24ClNO. The zero-order chi connectivity index (χ0) is 19.9. The van der Waals surface area contributed by atoms with Crippen molar-refractivity contribution >= 4 is 34.8 Å². The van der Waals surface area contributed by atoms with E-state index in [-0.39, 0.29) is 5.91 Å². The summed E-state index contributed by atoms with van der Waals surface area (Å²) in [4.78, 5) is 13.3. The first-order chi connectivity index (χ1) is 13.6. The number of anilines is 1. The van der Waals surface area contributed by atoms with Gasteiger partial charge < -0.3 is 5.32 Å². The van der Waals surface area contributed by atoms with Crippen LogP contribution >= 0.6 is 11.6 Å². The maximum Gasteiger partial charge on any atom is 0.256 e. The van der Waals surface area contributed by atoms with Gasteiger partial charge in [0.15, 0.2) is 0 Å². The summed E-state index contributed by atoms with van der Waals surface area (Å²) in [6.45, 7) is 4.20. The van der Waals surface area contributed by atoms with Gasteiger partial charge in [-0.05, 0) is 47.2 Å². The second kappa shape index (κ2) is 9.38. The smallest absolute Gasteiger partial charge is 0.256 e. The molecule has 1 N–H and O–H groups in total. The van der Waals surface area contributed by atoms with E-state index >= 15 is 0 Å². The number of hydrogen-bond donors (Lipinski definition) is 1. The molecule has 1 amide bonds. The van der Waals surface area contributed by atoms with Gasteiger partial charge in [0.05, 0.1) is 0 Å². The largest absolute Gasteiger partial charge is 0.321 e. The highest BCUT2D eigenvalue weighted by atomic mass is 35.5. The van der Waals surface area contributed by atoms with Crippen molar-refractivity contribution in [2.45, 2.75) is 26.7 Å². The van der Waals surface area contributed by atoms with E-state index in [1.165, 1.54) is 0 Å². The Morgan fingerprint density at radius 3 is 2.07 bits per heavy atom. The van der Waals surface area contributed by atoms with Crippen molar-refractivity contribution in [1.29, 1.82) is 0 Å². The highest BCUT2D eigenvalue weighted by Crippen LogP contribution is 2.27. The highest BCUT2D eigenvalue weighted by molar-refractivity contribution is 6.34. The van der Waals surface area contributed by atoms with Gasteiger partial charge in [-0.25, -0.2) is 0 Å². The van der Waals surface area contributed by atoms with Crippen molar-refractivity contribution in [3.8, 4) is 0 Å². The summed E-state index contributed by atoms with van der Waals surface area (Å²) in [5.41, 5.74) is 5.44. The SMILES string of the molecule is CCc1cccc(CC)c1NC(=O)/C(=C/c1ccccc1Cl)c1ccccc1. The summed E-state index contributed by atoms with van der Waals surface area (Å²) in [5, 5.41) is 3.79. The Hall–Kier alpha value is -2.84. The summed E-state index contributed by atoms with van der Waals surface area (Å²) in [6.07, 6.45) is 3.57. The molecule has 0 aliphatic heterocycles. The Kier molecular flexibility index (Phi) is 6.67. The van der Waals surface area contributed by atoms with Crippen LogP contribution in [0.15, 0.2) is 72.8 Å². The average Bonchev–Trinajstić information content (AvgIpc) is 2.73. The van der Waals surface area contributed by atoms with Crippen molar-refractivity contribution in [2.75, 3.05) is 5.32 Å². The molecule has 3 rings (SSSR count). The van der Waals surface area contributed by atoms with E-state index in [4.69, 9.17) is 11.6 Å². The lowest BCUT2D eigenvalue weighted by molar-refractivity contribution is -0.111. The molecule has 0 saturated heterocycles. The average molecular weight is 390 g/mol. The van der Waals surface area contributed by atoms with E-state index in [1.54, 1.807) is 0 Å². The Balaban J connectivity index is 2.05. The third-order valence-corrected chi connectivity index (χ3v) is 5.12. The van der Waals surface area contributed by atoms with Gasteiger partial charge in [0.1, 0.15) is 0 Å². The maximum atomic E-state index is 13.3. The molecule has 0 bridgehead atoms. The van der Waals surface area contributed by atoms with E-state index in [2.05, 4.69) is 31.3 Å². The Morgan fingerprint density at radius 2 is 1.46 bits per heavy atom. The fourth-order valence-corrected chi connectivity index (χ4v) is 3.42. The van der Waals surface area contributed by atoms with Gasteiger partial charge >= 0.3 is 0 Å². The van der Waals surface area contributed by atoms with Crippen LogP contribution in [-0.2, 0) is 17.6 Å². The Morgan fingerprint density at radius 1 is 0.857 bits per heavy atom. The second-order valence-corrected chi connectivity index (χ2v) is 6.97. The minimum atomic E-state index is -0.137. The number of aryl methyl sites for hydroxylation is 2. The molecule has 0 aliphatic rings. The van der Waals surface area contributed by atoms with Crippen LogP contribution in [0.1, 0.15) is 36.1 Å². The molecule has 0 saturated carbocycles. The number of halogens is 1. The summed E-state index contributed by atoms with van der Waals surface area (Å²) in [6, 6.07) is 23.4. The number of amides is 1. The molecule has 0 aromatic heterocycles. The van der Waals surface area contributed by atoms with Gasteiger partial charge in [-0.3, -0.25) is 4.79 Å². The molecule has 3 aromatic carbocycles. The van der Waals surface area contributed by atoms with E-state index in [0.29, 0.717) is 10.6 Å². The highest BCUT2D eigenvalue weighted by Gasteiger charge is 2.16. The number of rotatable bonds is 6. The molecule has 0 radical (unpaired) electrons. The molecule has 0 atom stereocenters. The third-order valence-electron chi connectivity index (χ3n) is 4.77. The van der Waals surface area contributed by atoms with Crippen LogP contribution < -0.4 is 5.32 Å². The second-order valence-electron chi connectivity index (χ2n) is 6.56. The minimum Gasteiger partial charge on any atom is -0.321 e. The summed E-state index contributed by atoms with van der Waals surface area (Å²) >= 11 is 6.34. The number of carbonyl (C=O) groups is 1. The molecule has 0 fully saturated rings. The topological polar surface area (TPSA) is 29.1 Å². The van der Waals surface area contributed by atoms with Crippen LogP contribution in [0.25, 0.3) is 11.6 Å². The van der Waals surface area contributed by atoms with E-state index in [9.17, 15) is 4.79 Å². The molecular weight excluding hydrogens is 366 g/mol. The predicted octanol–water partition coefficient (Wildman–Crippen LogP) is 6.64. The fourth-order valence-electron chi connectivity index (χ4n) is 3.23. The fraction of sp³-hybridized carbons (Fsp3) is 0.160. The molecule has 3 heteroatoms. The van der Waals surface area contributed by atoms with Gasteiger partial charge in [0, 0.05) is 16.3 Å². The summed E-state index contributed by atoms with van der Waals surface area (Å²) in [5.74, 6) is -0.137. The Bertz CT molecular complexity index is 970. The lowest BCUT2D eigenvalue weighted by Gasteiger charge is -2.16. The van der Waals surface area contributed by atoms with Gasteiger partial charge in [0.25, 0.3) is 5.91 Å². The van der Waals surface area contributed by atoms with Gasteiger partial charge in [-0.15, -0.1) is 0 Å². The predicted molar refractivity (Wildman–Crippen MR) is 120 cm³/mol. The van der Waals surface area contributed by atoms with E-state index in [0.717, 1.165) is 40.8 Å². The monoisotopic (exact) mass is 389 g/mol. The quantitative estimate of drug-likeness (QED) is 0.371. The first kappa shape index (κ1) is 19.9. The lowest BCUT2D eigenvalue weighted by atomic mass is 9.99. The number of para-hydroxylation sites is 1. The number of carbonyl (C=O) groups excluding carboxylic acids is 1. The summed E-state index contributed by atoms with van der Waals surface area (Å²) in [7, 11) is 0. The van der Waals surface area contributed by atoms with Crippen LogP contribution in [0.5, 0.6) is 0 Å². The number of nitrogens with one attached hydrogen (secondary N) is 1. The van der Waals surface area contributed by atoms with Crippen LogP contribution in [-0.4, -0.2) is 5.91 Å². The van der Waals surface area contributed by atoms with Crippen molar-refractivity contribution < 1.29 is 4.79 Å². The molecule has 0 aliphatic carbocycles. The molecule has 0 unspecified atom stereocenters. The van der Waals surface area contributed by atoms with Crippen molar-refractivity contribution in [2.24, 2.45) is 0 Å². The third kappa shape index (κ3) is 4.52. The molecule has 28 heavy (non-hydrogen) atoms. The van der Waals surface area contributed by atoms with Gasteiger partial charge in [-0.1, -0.05) is 92.2 Å². The van der Waals surface area contributed by atoms with E-state index < -0.39 is 0 Å². The van der Waals surface area contributed by atoms with Crippen molar-refractivity contribution in [1.82, 2.24) is 0 Å². The maximum absolute atomic E-state index is 13.3. The van der Waals surface area contributed by atoms with Crippen molar-refractivity contribution in [3.05, 3.63) is 100 Å². The van der Waals surface area contributed by atoms with Crippen LogP contribution in [0.4, 0.5) is 5.69 Å².